The standard InChI is InChI=1S/C23H28N2O2/c1-2-19-7-9-20(10-8-19)11-12-23(26)24-17-21-5-3-4-6-22(21)18-25-13-15-27-16-14-25/h3-12H,2,13-18H2,1H3,(H,24,26)/b12-11+. The van der Waals surface area contributed by atoms with Gasteiger partial charge in [-0.15, -0.1) is 0 Å². The van der Waals surface area contributed by atoms with Crippen molar-refractivity contribution in [3.05, 3.63) is 76.9 Å². The van der Waals surface area contributed by atoms with E-state index in [9.17, 15) is 4.79 Å². The van der Waals surface area contributed by atoms with Crippen molar-refractivity contribution in [3.63, 3.8) is 0 Å². The Morgan fingerprint density at radius 3 is 2.48 bits per heavy atom. The van der Waals surface area contributed by atoms with Crippen LogP contribution in [0.15, 0.2) is 54.6 Å². The van der Waals surface area contributed by atoms with Gasteiger partial charge in [-0.1, -0.05) is 55.5 Å². The number of ether oxygens (including phenoxy) is 1. The third-order valence-electron chi connectivity index (χ3n) is 4.88. The fourth-order valence-corrected chi connectivity index (χ4v) is 3.16. The molecule has 0 saturated carbocycles. The summed E-state index contributed by atoms with van der Waals surface area (Å²) in [6, 6.07) is 16.6. The largest absolute Gasteiger partial charge is 0.379 e. The summed E-state index contributed by atoms with van der Waals surface area (Å²) in [5.74, 6) is -0.0734. The van der Waals surface area contributed by atoms with Gasteiger partial charge in [-0.2, -0.15) is 0 Å². The summed E-state index contributed by atoms with van der Waals surface area (Å²) < 4.78 is 5.42. The second-order valence-corrected chi connectivity index (χ2v) is 6.80. The van der Waals surface area contributed by atoms with Gasteiger partial charge in [0, 0.05) is 32.3 Å². The molecule has 1 aliphatic rings. The third-order valence-corrected chi connectivity index (χ3v) is 4.88. The molecular weight excluding hydrogens is 336 g/mol. The highest BCUT2D eigenvalue weighted by molar-refractivity contribution is 5.91. The first kappa shape index (κ1) is 19.3. The average molecular weight is 364 g/mol. The van der Waals surface area contributed by atoms with Crippen LogP contribution in [0.5, 0.6) is 0 Å². The maximum Gasteiger partial charge on any atom is 0.244 e. The van der Waals surface area contributed by atoms with E-state index in [1.807, 2.05) is 24.3 Å². The van der Waals surface area contributed by atoms with E-state index in [-0.39, 0.29) is 5.91 Å². The van der Waals surface area contributed by atoms with E-state index >= 15 is 0 Å². The molecule has 0 radical (unpaired) electrons. The summed E-state index contributed by atoms with van der Waals surface area (Å²) >= 11 is 0. The predicted molar refractivity (Wildman–Crippen MR) is 109 cm³/mol. The van der Waals surface area contributed by atoms with E-state index in [1.54, 1.807) is 6.08 Å². The quantitative estimate of drug-likeness (QED) is 0.766. The summed E-state index contributed by atoms with van der Waals surface area (Å²) in [5, 5.41) is 3.00. The normalized spacial score (nSPS) is 15.1. The second-order valence-electron chi connectivity index (χ2n) is 6.80. The first-order chi connectivity index (χ1) is 13.2. The molecule has 0 atom stereocenters. The minimum atomic E-state index is -0.0734. The first-order valence-electron chi connectivity index (χ1n) is 9.66. The van der Waals surface area contributed by atoms with Crippen LogP contribution in [0, 0.1) is 0 Å². The molecule has 1 aliphatic heterocycles. The van der Waals surface area contributed by atoms with Crippen LogP contribution >= 0.6 is 0 Å². The molecule has 1 amide bonds. The number of nitrogens with zero attached hydrogens (tertiary/aromatic N) is 1. The Balaban J connectivity index is 1.54. The van der Waals surface area contributed by atoms with Crippen molar-refractivity contribution in [1.29, 1.82) is 0 Å². The van der Waals surface area contributed by atoms with E-state index in [0.717, 1.165) is 50.4 Å². The van der Waals surface area contributed by atoms with Gasteiger partial charge in [-0.25, -0.2) is 0 Å². The lowest BCUT2D eigenvalue weighted by molar-refractivity contribution is -0.116. The lowest BCUT2D eigenvalue weighted by Crippen LogP contribution is -2.36. The number of hydrogen-bond acceptors (Lipinski definition) is 3. The number of rotatable bonds is 7. The van der Waals surface area contributed by atoms with E-state index in [1.165, 1.54) is 11.1 Å². The van der Waals surface area contributed by atoms with Gasteiger partial charge in [0.15, 0.2) is 0 Å². The molecule has 0 spiro atoms. The van der Waals surface area contributed by atoms with Gasteiger partial charge in [0.05, 0.1) is 13.2 Å². The number of carbonyl (C=O) groups is 1. The van der Waals surface area contributed by atoms with Crippen LogP contribution in [0.25, 0.3) is 6.08 Å². The van der Waals surface area contributed by atoms with Crippen molar-refractivity contribution >= 4 is 12.0 Å². The molecule has 1 fully saturated rings. The monoisotopic (exact) mass is 364 g/mol. The number of nitrogens with one attached hydrogen (secondary N) is 1. The van der Waals surface area contributed by atoms with Crippen LogP contribution in [0.4, 0.5) is 0 Å². The van der Waals surface area contributed by atoms with Crippen LogP contribution < -0.4 is 5.32 Å². The van der Waals surface area contributed by atoms with Gasteiger partial charge < -0.3 is 10.1 Å². The molecule has 2 aromatic carbocycles. The Morgan fingerprint density at radius 1 is 1.07 bits per heavy atom. The average Bonchev–Trinajstić information content (AvgIpc) is 2.73. The minimum absolute atomic E-state index is 0.0734. The van der Waals surface area contributed by atoms with Crippen LogP contribution in [0.1, 0.15) is 29.2 Å². The summed E-state index contributed by atoms with van der Waals surface area (Å²) in [5.41, 5.74) is 4.76. The van der Waals surface area contributed by atoms with Gasteiger partial charge >= 0.3 is 0 Å². The molecule has 3 rings (SSSR count). The zero-order valence-corrected chi connectivity index (χ0v) is 16.0. The van der Waals surface area contributed by atoms with Gasteiger partial charge in [-0.05, 0) is 34.8 Å². The molecule has 1 heterocycles. The highest BCUT2D eigenvalue weighted by atomic mass is 16.5. The molecule has 1 saturated heterocycles. The van der Waals surface area contributed by atoms with Gasteiger partial charge in [0.2, 0.25) is 5.91 Å². The summed E-state index contributed by atoms with van der Waals surface area (Å²) in [6.07, 6.45) is 4.48. The number of aryl methyl sites for hydroxylation is 1. The van der Waals surface area contributed by atoms with Crippen LogP contribution in [0.3, 0.4) is 0 Å². The first-order valence-corrected chi connectivity index (χ1v) is 9.66. The fraction of sp³-hybridized carbons (Fsp3) is 0.348. The van der Waals surface area contributed by atoms with Crippen LogP contribution in [-0.2, 0) is 29.0 Å². The third kappa shape index (κ3) is 6.05. The van der Waals surface area contributed by atoms with Crippen molar-refractivity contribution in [2.75, 3.05) is 26.3 Å². The topological polar surface area (TPSA) is 41.6 Å². The van der Waals surface area contributed by atoms with Gasteiger partial charge in [-0.3, -0.25) is 9.69 Å². The lowest BCUT2D eigenvalue weighted by atomic mass is 10.1. The lowest BCUT2D eigenvalue weighted by Gasteiger charge is -2.27. The van der Waals surface area contributed by atoms with Gasteiger partial charge in [0.1, 0.15) is 0 Å². The second kappa shape index (κ2) is 10.0. The molecule has 0 bridgehead atoms. The van der Waals surface area contributed by atoms with Gasteiger partial charge in [0.25, 0.3) is 0 Å². The van der Waals surface area contributed by atoms with Crippen molar-refractivity contribution in [1.82, 2.24) is 10.2 Å². The number of benzene rings is 2. The smallest absolute Gasteiger partial charge is 0.244 e. The zero-order valence-electron chi connectivity index (χ0n) is 16.0. The SMILES string of the molecule is CCc1ccc(/C=C/C(=O)NCc2ccccc2CN2CCOCC2)cc1. The Hall–Kier alpha value is -2.43. The van der Waals surface area contributed by atoms with E-state index in [2.05, 4.69) is 47.5 Å². The van der Waals surface area contributed by atoms with Crippen molar-refractivity contribution in [3.8, 4) is 0 Å². The maximum atomic E-state index is 12.2. The summed E-state index contributed by atoms with van der Waals surface area (Å²) in [6.45, 7) is 7.08. The van der Waals surface area contributed by atoms with Crippen LogP contribution in [-0.4, -0.2) is 37.1 Å². The zero-order chi connectivity index (χ0) is 18.9. The number of hydrogen-bond donors (Lipinski definition) is 1. The molecule has 4 nitrogen and oxygen atoms in total. The molecule has 0 aliphatic carbocycles. The molecule has 27 heavy (non-hydrogen) atoms. The highest BCUT2D eigenvalue weighted by Crippen LogP contribution is 2.13. The van der Waals surface area contributed by atoms with Crippen LogP contribution in [0.2, 0.25) is 0 Å². The number of carbonyl (C=O) groups excluding carboxylic acids is 1. The van der Waals surface area contributed by atoms with E-state index < -0.39 is 0 Å². The highest BCUT2D eigenvalue weighted by Gasteiger charge is 2.12. The number of morpholine rings is 1. The van der Waals surface area contributed by atoms with E-state index in [4.69, 9.17) is 4.74 Å². The van der Waals surface area contributed by atoms with Crippen molar-refractivity contribution in [2.45, 2.75) is 26.4 Å². The molecule has 142 valence electrons. The Morgan fingerprint density at radius 2 is 1.78 bits per heavy atom. The summed E-state index contributed by atoms with van der Waals surface area (Å²) in [7, 11) is 0. The molecule has 1 N–H and O–H groups in total. The molecular formula is C23H28N2O2. The predicted octanol–water partition coefficient (Wildman–Crippen LogP) is 3.41. The molecule has 4 heteroatoms. The Labute approximate surface area is 161 Å². The van der Waals surface area contributed by atoms with Crippen molar-refractivity contribution in [2.24, 2.45) is 0 Å². The molecule has 0 unspecified atom stereocenters. The van der Waals surface area contributed by atoms with E-state index in [0.29, 0.717) is 6.54 Å². The Bertz CT molecular complexity index is 762. The summed E-state index contributed by atoms with van der Waals surface area (Å²) in [4.78, 5) is 14.6. The molecule has 2 aromatic rings. The number of amides is 1. The fourth-order valence-electron chi connectivity index (χ4n) is 3.16. The molecule has 0 aromatic heterocycles. The maximum absolute atomic E-state index is 12.2. The minimum Gasteiger partial charge on any atom is -0.379 e. The Kier molecular flexibility index (Phi) is 7.19. The van der Waals surface area contributed by atoms with Crippen molar-refractivity contribution < 1.29 is 9.53 Å².